The van der Waals surface area contributed by atoms with Gasteiger partial charge in [0.15, 0.2) is 5.13 Å². The highest BCUT2D eigenvalue weighted by Gasteiger charge is 2.07. The van der Waals surface area contributed by atoms with Gasteiger partial charge < -0.3 is 9.47 Å². The van der Waals surface area contributed by atoms with Gasteiger partial charge in [-0.05, 0) is 42.8 Å². The average Bonchev–Trinajstić information content (AvgIpc) is 3.19. The minimum absolute atomic E-state index is 0.235. The fourth-order valence-electron chi connectivity index (χ4n) is 2.50. The number of nitrogens with zero attached hydrogens (tertiary/aromatic N) is 1. The van der Waals surface area contributed by atoms with Crippen LogP contribution in [0.5, 0.6) is 11.5 Å². The molecular weight excluding hydrogens is 372 g/mol. The number of ether oxygens (including phenoxy) is 2. The number of anilines is 1. The van der Waals surface area contributed by atoms with Crippen LogP contribution in [0.25, 0.3) is 17.3 Å². The maximum Gasteiger partial charge on any atom is 0.250 e. The van der Waals surface area contributed by atoms with E-state index < -0.39 is 0 Å². The van der Waals surface area contributed by atoms with Crippen molar-refractivity contribution in [3.8, 4) is 22.8 Å². The molecule has 6 heteroatoms. The second kappa shape index (κ2) is 9.71. The Morgan fingerprint density at radius 2 is 1.96 bits per heavy atom. The smallest absolute Gasteiger partial charge is 0.250 e. The molecule has 1 N–H and O–H groups in total. The minimum Gasteiger partial charge on any atom is -0.497 e. The van der Waals surface area contributed by atoms with Gasteiger partial charge in [-0.15, -0.1) is 11.3 Å². The summed E-state index contributed by atoms with van der Waals surface area (Å²) >= 11 is 1.39. The zero-order chi connectivity index (χ0) is 19.8. The first kappa shape index (κ1) is 19.6. The number of para-hydroxylation sites is 1. The highest BCUT2D eigenvalue weighted by atomic mass is 32.1. The topological polar surface area (TPSA) is 60.5 Å². The monoisotopic (exact) mass is 394 g/mol. The van der Waals surface area contributed by atoms with Gasteiger partial charge in [0.25, 0.3) is 0 Å². The molecule has 0 unspecified atom stereocenters. The molecule has 0 radical (unpaired) electrons. The number of carbonyl (C=O) groups excluding carboxylic acids is 1. The molecule has 0 bridgehead atoms. The van der Waals surface area contributed by atoms with Crippen molar-refractivity contribution >= 4 is 28.5 Å². The Balaban J connectivity index is 1.64. The lowest BCUT2D eigenvalue weighted by molar-refractivity contribution is -0.111. The van der Waals surface area contributed by atoms with Crippen LogP contribution in [-0.4, -0.2) is 24.6 Å². The Bertz CT molecular complexity index is 948. The van der Waals surface area contributed by atoms with Gasteiger partial charge in [0.2, 0.25) is 5.91 Å². The van der Waals surface area contributed by atoms with Crippen molar-refractivity contribution in [2.24, 2.45) is 0 Å². The number of hydrogen-bond acceptors (Lipinski definition) is 5. The first-order valence-corrected chi connectivity index (χ1v) is 9.88. The molecule has 3 aromatic rings. The third-order valence-corrected chi connectivity index (χ3v) is 4.67. The van der Waals surface area contributed by atoms with Crippen molar-refractivity contribution in [2.75, 3.05) is 19.0 Å². The van der Waals surface area contributed by atoms with Gasteiger partial charge in [-0.1, -0.05) is 25.1 Å². The maximum atomic E-state index is 12.3. The lowest BCUT2D eigenvalue weighted by Crippen LogP contribution is -2.07. The maximum absolute atomic E-state index is 12.3. The number of nitrogens with one attached hydrogen (secondary N) is 1. The van der Waals surface area contributed by atoms with Crippen LogP contribution in [0.3, 0.4) is 0 Å². The molecule has 1 heterocycles. The van der Waals surface area contributed by atoms with E-state index in [4.69, 9.17) is 9.47 Å². The van der Waals surface area contributed by atoms with Crippen molar-refractivity contribution in [3.63, 3.8) is 0 Å². The van der Waals surface area contributed by atoms with E-state index in [1.165, 1.54) is 17.4 Å². The summed E-state index contributed by atoms with van der Waals surface area (Å²) in [7, 11) is 1.63. The lowest BCUT2D eigenvalue weighted by atomic mass is 10.2. The predicted octanol–water partition coefficient (Wildman–Crippen LogP) is 5.26. The molecule has 1 amide bonds. The number of hydrogen-bond donors (Lipinski definition) is 1. The van der Waals surface area contributed by atoms with Crippen LogP contribution in [0.15, 0.2) is 60.0 Å². The minimum atomic E-state index is -0.235. The van der Waals surface area contributed by atoms with Crippen LogP contribution in [0.4, 0.5) is 5.13 Å². The number of benzene rings is 2. The first-order valence-electron chi connectivity index (χ1n) is 9.00. The fraction of sp³-hybridized carbons (Fsp3) is 0.182. The highest BCUT2D eigenvalue weighted by Crippen LogP contribution is 2.26. The molecule has 0 spiro atoms. The highest BCUT2D eigenvalue weighted by molar-refractivity contribution is 7.14. The van der Waals surface area contributed by atoms with Crippen LogP contribution in [-0.2, 0) is 4.79 Å². The zero-order valence-corrected chi connectivity index (χ0v) is 16.7. The first-order chi connectivity index (χ1) is 13.7. The molecule has 0 aliphatic carbocycles. The van der Waals surface area contributed by atoms with Crippen molar-refractivity contribution in [1.29, 1.82) is 0 Å². The normalized spacial score (nSPS) is 10.8. The summed E-state index contributed by atoms with van der Waals surface area (Å²) in [5, 5.41) is 5.27. The molecule has 0 aliphatic rings. The second-order valence-electron chi connectivity index (χ2n) is 5.98. The van der Waals surface area contributed by atoms with Gasteiger partial charge in [-0.2, -0.15) is 0 Å². The van der Waals surface area contributed by atoms with Crippen molar-refractivity contribution in [3.05, 3.63) is 65.6 Å². The number of rotatable bonds is 8. The van der Waals surface area contributed by atoms with Crippen LogP contribution in [0.2, 0.25) is 0 Å². The van der Waals surface area contributed by atoms with Crippen molar-refractivity contribution in [2.45, 2.75) is 13.3 Å². The fourth-order valence-corrected chi connectivity index (χ4v) is 3.22. The van der Waals surface area contributed by atoms with Crippen LogP contribution >= 0.6 is 11.3 Å². The number of thiazole rings is 1. The standard InChI is InChI=1S/C22H22N2O3S/c1-3-14-27-20-7-5-4-6-17(20)10-13-21(25)24-22-23-19(15-28-22)16-8-11-18(26-2)12-9-16/h4-13,15H,3,14H2,1-2H3,(H,23,24,25)/b13-10-. The van der Waals surface area contributed by atoms with Gasteiger partial charge in [0, 0.05) is 22.6 Å². The van der Waals surface area contributed by atoms with E-state index in [0.717, 1.165) is 34.7 Å². The molecule has 0 aliphatic heterocycles. The molecule has 5 nitrogen and oxygen atoms in total. The number of methoxy groups -OCH3 is 1. The molecule has 2 aromatic carbocycles. The van der Waals surface area contributed by atoms with Crippen LogP contribution in [0, 0.1) is 0 Å². The van der Waals surface area contributed by atoms with Gasteiger partial charge in [0.1, 0.15) is 11.5 Å². The summed E-state index contributed by atoms with van der Waals surface area (Å²) in [5.74, 6) is 1.33. The summed E-state index contributed by atoms with van der Waals surface area (Å²) in [5.41, 5.74) is 2.64. The SMILES string of the molecule is CCCOc1ccccc1/C=C\C(=O)Nc1nc(-c2ccc(OC)cc2)cs1. The van der Waals surface area contributed by atoms with Gasteiger partial charge in [-0.3, -0.25) is 10.1 Å². The number of carbonyl (C=O) groups is 1. The summed E-state index contributed by atoms with van der Waals surface area (Å²) in [6.45, 7) is 2.70. The molecular formula is C22H22N2O3S. The second-order valence-corrected chi connectivity index (χ2v) is 6.83. The summed E-state index contributed by atoms with van der Waals surface area (Å²) in [6, 6.07) is 15.3. The molecule has 0 fully saturated rings. The molecule has 28 heavy (non-hydrogen) atoms. The van der Waals surface area contributed by atoms with E-state index in [0.29, 0.717) is 11.7 Å². The molecule has 0 saturated heterocycles. The summed E-state index contributed by atoms with van der Waals surface area (Å²) in [6.07, 6.45) is 4.17. The van der Waals surface area contributed by atoms with E-state index in [1.54, 1.807) is 13.2 Å². The number of aromatic nitrogens is 1. The van der Waals surface area contributed by atoms with Crippen LogP contribution in [0.1, 0.15) is 18.9 Å². The quantitative estimate of drug-likeness (QED) is 0.530. The van der Waals surface area contributed by atoms with E-state index >= 15 is 0 Å². The van der Waals surface area contributed by atoms with Gasteiger partial charge >= 0.3 is 0 Å². The Hall–Kier alpha value is -3.12. The van der Waals surface area contributed by atoms with Crippen molar-refractivity contribution in [1.82, 2.24) is 4.98 Å². The molecule has 0 atom stereocenters. The molecule has 1 aromatic heterocycles. The van der Waals surface area contributed by atoms with Gasteiger partial charge in [0.05, 0.1) is 19.4 Å². The Morgan fingerprint density at radius 3 is 2.71 bits per heavy atom. The van der Waals surface area contributed by atoms with Crippen molar-refractivity contribution < 1.29 is 14.3 Å². The Morgan fingerprint density at radius 1 is 1.18 bits per heavy atom. The zero-order valence-electron chi connectivity index (χ0n) is 15.8. The Labute approximate surface area is 168 Å². The summed E-state index contributed by atoms with van der Waals surface area (Å²) in [4.78, 5) is 16.7. The molecule has 144 valence electrons. The predicted molar refractivity (Wildman–Crippen MR) is 114 cm³/mol. The lowest BCUT2D eigenvalue weighted by Gasteiger charge is -2.07. The van der Waals surface area contributed by atoms with E-state index in [2.05, 4.69) is 17.2 Å². The van der Waals surface area contributed by atoms with E-state index in [9.17, 15) is 4.79 Å². The van der Waals surface area contributed by atoms with Gasteiger partial charge in [-0.25, -0.2) is 4.98 Å². The molecule has 0 saturated carbocycles. The van der Waals surface area contributed by atoms with Crippen LogP contribution < -0.4 is 14.8 Å². The van der Waals surface area contributed by atoms with E-state index in [-0.39, 0.29) is 5.91 Å². The largest absolute Gasteiger partial charge is 0.497 e. The third-order valence-electron chi connectivity index (χ3n) is 3.92. The summed E-state index contributed by atoms with van der Waals surface area (Å²) < 4.78 is 10.9. The Kier molecular flexibility index (Phi) is 6.81. The average molecular weight is 394 g/mol. The third kappa shape index (κ3) is 5.20. The number of amides is 1. The van der Waals surface area contributed by atoms with E-state index in [1.807, 2.05) is 53.9 Å². The molecule has 3 rings (SSSR count).